The van der Waals surface area contributed by atoms with Crippen LogP contribution in [0.5, 0.6) is 0 Å². The molecule has 1 saturated heterocycles. The van der Waals surface area contributed by atoms with Crippen molar-refractivity contribution in [1.29, 1.82) is 0 Å². The Morgan fingerprint density at radius 1 is 1.16 bits per heavy atom. The van der Waals surface area contributed by atoms with Crippen molar-refractivity contribution < 1.29 is 9.47 Å². The minimum Gasteiger partial charge on any atom is -0.383 e. The van der Waals surface area contributed by atoms with Crippen LogP contribution in [0.3, 0.4) is 0 Å². The van der Waals surface area contributed by atoms with E-state index in [1.807, 2.05) is 30.5 Å². The van der Waals surface area contributed by atoms with Gasteiger partial charge >= 0.3 is 0 Å². The quantitative estimate of drug-likeness (QED) is 0.287. The molecule has 1 aromatic heterocycles. The number of aromatic nitrogens is 2. The molecule has 8 heteroatoms. The van der Waals surface area contributed by atoms with E-state index in [9.17, 15) is 0 Å². The average molecular weight is 515 g/mol. The largest absolute Gasteiger partial charge is 0.383 e. The summed E-state index contributed by atoms with van der Waals surface area (Å²) < 4.78 is 12.6. The fraction of sp³-hybridized carbons (Fsp3) is 0.333. The molecule has 2 aromatic carbocycles. The molecule has 4 rings (SSSR count). The minimum atomic E-state index is -0.0933. The lowest BCUT2D eigenvalue weighted by molar-refractivity contribution is -0.168. The van der Waals surface area contributed by atoms with Crippen molar-refractivity contribution in [3.8, 4) is 11.3 Å². The number of hydrogen-bond acceptors (Lipinski definition) is 7. The second kappa shape index (κ2) is 11.1. The van der Waals surface area contributed by atoms with Gasteiger partial charge in [-0.3, -0.25) is 0 Å². The van der Waals surface area contributed by atoms with E-state index in [0.717, 1.165) is 58.4 Å². The fourth-order valence-corrected chi connectivity index (χ4v) is 4.36. The monoisotopic (exact) mass is 514 g/mol. The van der Waals surface area contributed by atoms with Gasteiger partial charge in [0.2, 0.25) is 0 Å². The molecule has 3 N–H and O–H groups in total. The molecule has 3 aromatic rings. The maximum Gasteiger partial charge on any atom is 0.189 e. The topological polar surface area (TPSA) is 82.3 Å². The van der Waals surface area contributed by atoms with Gasteiger partial charge in [-0.1, -0.05) is 48.2 Å². The summed E-state index contributed by atoms with van der Waals surface area (Å²) in [5, 5.41) is 4.09. The summed E-state index contributed by atoms with van der Waals surface area (Å²) in [7, 11) is 0. The minimum absolute atomic E-state index is 0.0933. The number of rotatable bonds is 8. The van der Waals surface area contributed by atoms with Crippen molar-refractivity contribution in [1.82, 2.24) is 9.97 Å². The summed E-state index contributed by atoms with van der Waals surface area (Å²) in [6.45, 7) is 1.83. The SMILES string of the molecule is CSc1nc(N)c(CNc2ccccc2Br)c(-c2ccc(COC3CCCCO3)cc2)n1. The van der Waals surface area contributed by atoms with Crippen molar-refractivity contribution in [2.75, 3.05) is 23.9 Å². The average Bonchev–Trinajstić information content (AvgIpc) is 2.83. The first kappa shape index (κ1) is 23.0. The highest BCUT2D eigenvalue weighted by Gasteiger charge is 2.16. The van der Waals surface area contributed by atoms with Crippen LogP contribution in [-0.2, 0) is 22.6 Å². The summed E-state index contributed by atoms with van der Waals surface area (Å²) in [4.78, 5) is 9.23. The van der Waals surface area contributed by atoms with E-state index in [0.29, 0.717) is 24.1 Å². The van der Waals surface area contributed by atoms with E-state index in [1.54, 1.807) is 0 Å². The van der Waals surface area contributed by atoms with Crippen LogP contribution in [0.1, 0.15) is 30.4 Å². The Morgan fingerprint density at radius 3 is 2.69 bits per heavy atom. The van der Waals surface area contributed by atoms with Crippen LogP contribution in [0.2, 0.25) is 0 Å². The van der Waals surface area contributed by atoms with Crippen molar-refractivity contribution >= 4 is 39.2 Å². The predicted octanol–water partition coefficient (Wildman–Crippen LogP) is 5.87. The molecule has 0 bridgehead atoms. The molecular weight excluding hydrogens is 488 g/mol. The number of para-hydroxylation sites is 1. The van der Waals surface area contributed by atoms with Crippen LogP contribution in [0.15, 0.2) is 58.2 Å². The van der Waals surface area contributed by atoms with E-state index in [4.69, 9.17) is 20.2 Å². The first-order chi connectivity index (χ1) is 15.6. The number of anilines is 2. The lowest BCUT2D eigenvalue weighted by Gasteiger charge is -2.22. The van der Waals surface area contributed by atoms with E-state index in [-0.39, 0.29) is 6.29 Å². The first-order valence-electron chi connectivity index (χ1n) is 10.7. The Hall–Kier alpha value is -2.13. The Balaban J connectivity index is 1.53. The van der Waals surface area contributed by atoms with Crippen LogP contribution < -0.4 is 11.1 Å². The van der Waals surface area contributed by atoms with Crippen molar-refractivity contribution in [3.63, 3.8) is 0 Å². The molecule has 0 aliphatic carbocycles. The number of hydrogen-bond donors (Lipinski definition) is 2. The normalized spacial score (nSPS) is 16.1. The maximum atomic E-state index is 6.35. The fourth-order valence-electron chi connectivity index (χ4n) is 3.56. The zero-order valence-electron chi connectivity index (χ0n) is 18.0. The molecule has 6 nitrogen and oxygen atoms in total. The Bertz CT molecular complexity index is 1040. The highest BCUT2D eigenvalue weighted by Crippen LogP contribution is 2.30. The molecule has 1 aliphatic rings. The summed E-state index contributed by atoms with van der Waals surface area (Å²) >= 11 is 5.06. The Kier molecular flexibility index (Phi) is 8.02. The molecule has 168 valence electrons. The lowest BCUT2D eigenvalue weighted by atomic mass is 10.0. The summed E-state index contributed by atoms with van der Waals surface area (Å²) in [6, 6.07) is 16.3. The zero-order valence-corrected chi connectivity index (χ0v) is 20.4. The molecule has 0 radical (unpaired) electrons. The van der Waals surface area contributed by atoms with Crippen molar-refractivity contribution in [2.45, 2.75) is 43.9 Å². The van der Waals surface area contributed by atoms with Crippen LogP contribution in [0.25, 0.3) is 11.3 Å². The van der Waals surface area contributed by atoms with Gasteiger partial charge in [0.1, 0.15) is 5.82 Å². The van der Waals surface area contributed by atoms with Crippen molar-refractivity contribution in [2.24, 2.45) is 0 Å². The van der Waals surface area contributed by atoms with E-state index in [2.05, 4.69) is 50.5 Å². The molecule has 32 heavy (non-hydrogen) atoms. The van der Waals surface area contributed by atoms with Gasteiger partial charge in [0.25, 0.3) is 0 Å². The predicted molar refractivity (Wildman–Crippen MR) is 134 cm³/mol. The van der Waals surface area contributed by atoms with Crippen LogP contribution in [0, 0.1) is 0 Å². The number of ether oxygens (including phenoxy) is 2. The third kappa shape index (κ3) is 5.81. The lowest BCUT2D eigenvalue weighted by Crippen LogP contribution is -2.21. The number of benzene rings is 2. The number of thioether (sulfide) groups is 1. The van der Waals surface area contributed by atoms with Gasteiger partial charge in [0, 0.05) is 34.4 Å². The number of nitrogens with zero attached hydrogens (tertiary/aromatic N) is 2. The van der Waals surface area contributed by atoms with Crippen LogP contribution >= 0.6 is 27.7 Å². The molecule has 0 saturated carbocycles. The van der Waals surface area contributed by atoms with Gasteiger partial charge < -0.3 is 20.5 Å². The molecule has 0 spiro atoms. The second-order valence-corrected chi connectivity index (χ2v) is 9.19. The molecule has 0 amide bonds. The number of halogens is 1. The van der Waals surface area contributed by atoms with Crippen LogP contribution in [0.4, 0.5) is 11.5 Å². The molecular formula is C24H27BrN4O2S. The first-order valence-corrected chi connectivity index (χ1v) is 12.7. The third-order valence-corrected chi connectivity index (χ3v) is 6.57. The zero-order chi connectivity index (χ0) is 22.3. The summed E-state index contributed by atoms with van der Waals surface area (Å²) in [5.74, 6) is 0.487. The van der Waals surface area contributed by atoms with E-state index >= 15 is 0 Å². The second-order valence-electron chi connectivity index (χ2n) is 7.56. The van der Waals surface area contributed by atoms with Crippen LogP contribution in [-0.4, -0.2) is 29.1 Å². The number of nitrogens with two attached hydrogens (primary N) is 1. The standard InChI is InChI=1S/C24H27BrN4O2S/c1-32-24-28-22(18(23(26)29-24)14-27-20-7-3-2-6-19(20)25)17-11-9-16(10-12-17)15-31-21-8-4-5-13-30-21/h2-3,6-7,9-12,21,27H,4-5,8,13-15H2,1H3,(H2,26,28,29). The molecule has 2 heterocycles. The van der Waals surface area contributed by atoms with Gasteiger partial charge in [0.15, 0.2) is 11.4 Å². The molecule has 1 atom stereocenters. The van der Waals surface area contributed by atoms with Gasteiger partial charge in [-0.05, 0) is 59.1 Å². The smallest absolute Gasteiger partial charge is 0.189 e. The number of nitrogens with one attached hydrogen (secondary N) is 1. The van der Waals surface area contributed by atoms with Gasteiger partial charge in [-0.15, -0.1) is 0 Å². The van der Waals surface area contributed by atoms with E-state index in [1.165, 1.54) is 11.8 Å². The summed E-state index contributed by atoms with van der Waals surface area (Å²) in [6.07, 6.45) is 5.10. The highest BCUT2D eigenvalue weighted by atomic mass is 79.9. The maximum absolute atomic E-state index is 6.35. The van der Waals surface area contributed by atoms with Gasteiger partial charge in [-0.25, -0.2) is 9.97 Å². The third-order valence-electron chi connectivity index (χ3n) is 5.33. The molecule has 1 fully saturated rings. The van der Waals surface area contributed by atoms with Gasteiger partial charge in [0.05, 0.1) is 12.3 Å². The molecule has 1 aliphatic heterocycles. The Labute approximate surface area is 201 Å². The molecule has 1 unspecified atom stereocenters. The highest BCUT2D eigenvalue weighted by molar-refractivity contribution is 9.10. The van der Waals surface area contributed by atoms with E-state index < -0.39 is 0 Å². The Morgan fingerprint density at radius 2 is 1.97 bits per heavy atom. The number of nitrogen functional groups attached to an aromatic ring is 1. The summed E-state index contributed by atoms with van der Waals surface area (Å²) in [5.41, 5.74) is 11.1. The van der Waals surface area contributed by atoms with Crippen molar-refractivity contribution in [3.05, 3.63) is 64.1 Å². The van der Waals surface area contributed by atoms with Gasteiger partial charge in [-0.2, -0.15) is 0 Å².